The Kier molecular flexibility index (Phi) is 4.53. The van der Waals surface area contributed by atoms with Crippen molar-refractivity contribution in [3.8, 4) is 0 Å². The second kappa shape index (κ2) is 7.33. The topological polar surface area (TPSA) is 12.0 Å². The van der Waals surface area contributed by atoms with Gasteiger partial charge < -0.3 is 5.32 Å². The van der Waals surface area contributed by atoms with Crippen LogP contribution in [0.1, 0.15) is 26.3 Å². The summed E-state index contributed by atoms with van der Waals surface area (Å²) >= 11 is 3.79. The van der Waals surface area contributed by atoms with Gasteiger partial charge in [0.2, 0.25) is 0 Å². The lowest BCUT2D eigenvalue weighted by Crippen LogP contribution is -2.11. The Hall–Kier alpha value is -2.88. The standard InChI is InChI=1S/C29H25NS2/c1-29(2,3)17-23-24(14-13-21-19-8-4-7-11-26(19)32-28(21)23)30-18-12-15-27-22(16-18)20-9-5-6-10-25(20)31-27/h4-16,30H,17H2,1-3H3. The minimum absolute atomic E-state index is 0.203. The average molecular weight is 452 g/mol. The zero-order valence-corrected chi connectivity index (χ0v) is 20.2. The van der Waals surface area contributed by atoms with E-state index in [1.54, 1.807) is 0 Å². The number of fused-ring (bicyclic) bond motifs is 6. The van der Waals surface area contributed by atoms with Gasteiger partial charge in [-0.05, 0) is 53.8 Å². The summed E-state index contributed by atoms with van der Waals surface area (Å²) in [5.41, 5.74) is 4.00. The summed E-state index contributed by atoms with van der Waals surface area (Å²) in [5, 5.41) is 9.19. The SMILES string of the molecule is CC(C)(C)Cc1c(Nc2ccc3sc4ccccc4c3c2)ccc2c1sc1ccccc12. The lowest BCUT2D eigenvalue weighted by atomic mass is 9.87. The number of anilines is 2. The third kappa shape index (κ3) is 3.37. The molecule has 0 atom stereocenters. The normalized spacial score (nSPS) is 12.3. The van der Waals surface area contributed by atoms with Gasteiger partial charge in [-0.15, -0.1) is 22.7 Å². The fourth-order valence-electron chi connectivity index (χ4n) is 4.63. The van der Waals surface area contributed by atoms with Crippen LogP contribution < -0.4 is 5.32 Å². The predicted octanol–water partition coefficient (Wildman–Crippen LogP) is 9.75. The number of rotatable bonds is 3. The summed E-state index contributed by atoms with van der Waals surface area (Å²) in [5.74, 6) is 0. The largest absolute Gasteiger partial charge is 0.355 e. The van der Waals surface area contributed by atoms with Crippen LogP contribution >= 0.6 is 22.7 Å². The molecule has 0 saturated carbocycles. The third-order valence-electron chi connectivity index (χ3n) is 6.01. The van der Waals surface area contributed by atoms with Gasteiger partial charge in [-0.2, -0.15) is 0 Å². The average Bonchev–Trinajstić information content (AvgIpc) is 3.33. The maximum atomic E-state index is 3.79. The summed E-state index contributed by atoms with van der Waals surface area (Å²) in [6.07, 6.45) is 1.03. The summed E-state index contributed by atoms with van der Waals surface area (Å²) in [6.45, 7) is 6.98. The molecular weight excluding hydrogens is 426 g/mol. The molecule has 0 amide bonds. The van der Waals surface area contributed by atoms with E-state index in [1.165, 1.54) is 51.6 Å². The molecule has 0 aliphatic carbocycles. The lowest BCUT2D eigenvalue weighted by Gasteiger charge is -2.22. The monoisotopic (exact) mass is 451 g/mol. The fraction of sp³-hybridized carbons (Fsp3) is 0.172. The highest BCUT2D eigenvalue weighted by atomic mass is 32.1. The van der Waals surface area contributed by atoms with Crippen molar-refractivity contribution >= 4 is 74.4 Å². The Morgan fingerprint density at radius 1 is 0.656 bits per heavy atom. The molecule has 158 valence electrons. The first kappa shape index (κ1) is 19.8. The maximum Gasteiger partial charge on any atom is 0.0431 e. The number of benzene rings is 4. The summed E-state index contributed by atoms with van der Waals surface area (Å²) in [7, 11) is 0. The van der Waals surface area contributed by atoms with Crippen LogP contribution in [-0.4, -0.2) is 0 Å². The number of nitrogens with one attached hydrogen (secondary N) is 1. The first-order chi connectivity index (χ1) is 15.5. The highest BCUT2D eigenvalue weighted by molar-refractivity contribution is 7.26. The molecule has 0 saturated heterocycles. The number of hydrogen-bond acceptors (Lipinski definition) is 3. The van der Waals surface area contributed by atoms with Crippen molar-refractivity contribution in [1.29, 1.82) is 0 Å². The van der Waals surface area contributed by atoms with Gasteiger partial charge in [0, 0.05) is 51.7 Å². The van der Waals surface area contributed by atoms with Crippen molar-refractivity contribution in [2.45, 2.75) is 27.2 Å². The molecule has 1 N–H and O–H groups in total. The van der Waals surface area contributed by atoms with Crippen LogP contribution in [0.5, 0.6) is 0 Å². The van der Waals surface area contributed by atoms with Crippen LogP contribution in [0.3, 0.4) is 0 Å². The van der Waals surface area contributed by atoms with E-state index in [0.29, 0.717) is 0 Å². The molecule has 0 spiro atoms. The molecule has 4 aromatic carbocycles. The zero-order valence-electron chi connectivity index (χ0n) is 18.5. The van der Waals surface area contributed by atoms with Gasteiger partial charge >= 0.3 is 0 Å². The van der Waals surface area contributed by atoms with E-state index in [-0.39, 0.29) is 5.41 Å². The molecule has 2 heterocycles. The van der Waals surface area contributed by atoms with Gasteiger partial charge in [0.15, 0.2) is 0 Å². The molecule has 6 rings (SSSR count). The zero-order chi connectivity index (χ0) is 21.9. The summed E-state index contributed by atoms with van der Waals surface area (Å²) in [6, 6.07) is 28.8. The number of hydrogen-bond donors (Lipinski definition) is 1. The molecule has 32 heavy (non-hydrogen) atoms. The molecule has 1 nitrogen and oxygen atoms in total. The Labute approximate surface area is 196 Å². The molecule has 2 aromatic heterocycles. The molecule has 3 heteroatoms. The smallest absolute Gasteiger partial charge is 0.0431 e. The van der Waals surface area contributed by atoms with Gasteiger partial charge in [-0.25, -0.2) is 0 Å². The predicted molar refractivity (Wildman–Crippen MR) is 145 cm³/mol. The van der Waals surface area contributed by atoms with Gasteiger partial charge in [0.25, 0.3) is 0 Å². The van der Waals surface area contributed by atoms with E-state index in [2.05, 4.69) is 105 Å². The van der Waals surface area contributed by atoms with E-state index in [9.17, 15) is 0 Å². The van der Waals surface area contributed by atoms with Crippen LogP contribution in [0.25, 0.3) is 40.3 Å². The molecule has 0 unspecified atom stereocenters. The van der Waals surface area contributed by atoms with Crippen molar-refractivity contribution in [3.05, 3.63) is 84.4 Å². The Morgan fingerprint density at radius 3 is 2.06 bits per heavy atom. The molecule has 0 bridgehead atoms. The summed E-state index contributed by atoms with van der Waals surface area (Å²) in [4.78, 5) is 0. The van der Waals surface area contributed by atoms with Crippen molar-refractivity contribution in [3.63, 3.8) is 0 Å². The van der Waals surface area contributed by atoms with E-state index in [4.69, 9.17) is 0 Å². The van der Waals surface area contributed by atoms with E-state index < -0.39 is 0 Å². The van der Waals surface area contributed by atoms with Crippen molar-refractivity contribution in [2.75, 3.05) is 5.32 Å². The van der Waals surface area contributed by atoms with Crippen LogP contribution in [0.2, 0.25) is 0 Å². The van der Waals surface area contributed by atoms with Crippen molar-refractivity contribution in [2.24, 2.45) is 5.41 Å². The fourth-order valence-corrected chi connectivity index (χ4v) is 6.96. The number of thiophene rings is 2. The van der Waals surface area contributed by atoms with Crippen LogP contribution in [0.4, 0.5) is 11.4 Å². The minimum Gasteiger partial charge on any atom is -0.355 e. The van der Waals surface area contributed by atoms with Gasteiger partial charge in [0.1, 0.15) is 0 Å². The van der Waals surface area contributed by atoms with Crippen LogP contribution in [0, 0.1) is 5.41 Å². The van der Waals surface area contributed by atoms with Crippen LogP contribution in [0.15, 0.2) is 78.9 Å². The van der Waals surface area contributed by atoms with Crippen LogP contribution in [-0.2, 0) is 6.42 Å². The maximum absolute atomic E-state index is 3.79. The van der Waals surface area contributed by atoms with Gasteiger partial charge in [-0.3, -0.25) is 0 Å². The third-order valence-corrected chi connectivity index (χ3v) is 8.41. The second-order valence-electron chi connectivity index (χ2n) is 9.74. The highest BCUT2D eigenvalue weighted by Crippen LogP contribution is 2.42. The molecular formula is C29H25NS2. The molecule has 0 aliphatic heterocycles. The Morgan fingerprint density at radius 2 is 1.31 bits per heavy atom. The van der Waals surface area contributed by atoms with E-state index in [0.717, 1.165) is 12.1 Å². The van der Waals surface area contributed by atoms with E-state index >= 15 is 0 Å². The van der Waals surface area contributed by atoms with Gasteiger partial charge in [-0.1, -0.05) is 63.2 Å². The van der Waals surface area contributed by atoms with Gasteiger partial charge in [0.05, 0.1) is 0 Å². The van der Waals surface area contributed by atoms with Crippen molar-refractivity contribution in [1.82, 2.24) is 0 Å². The lowest BCUT2D eigenvalue weighted by molar-refractivity contribution is 0.413. The Balaban J connectivity index is 1.51. The Bertz CT molecular complexity index is 1610. The minimum atomic E-state index is 0.203. The molecule has 0 radical (unpaired) electrons. The quantitative estimate of drug-likeness (QED) is 0.282. The molecule has 0 fully saturated rings. The summed E-state index contributed by atoms with van der Waals surface area (Å²) < 4.78 is 5.46. The molecule has 6 aromatic rings. The first-order valence-corrected chi connectivity index (χ1v) is 12.7. The second-order valence-corrected chi connectivity index (χ2v) is 11.9. The van der Waals surface area contributed by atoms with Crippen molar-refractivity contribution < 1.29 is 0 Å². The van der Waals surface area contributed by atoms with E-state index in [1.807, 2.05) is 22.7 Å². The molecule has 0 aliphatic rings. The first-order valence-electron chi connectivity index (χ1n) is 11.1. The highest BCUT2D eigenvalue weighted by Gasteiger charge is 2.19.